The number of nitrogens with two attached hydrogens (primary N) is 1. The van der Waals surface area contributed by atoms with Gasteiger partial charge in [0, 0.05) is 29.9 Å². The maximum atomic E-state index is 5.51. The fourth-order valence-electron chi connectivity index (χ4n) is 1.24. The molecule has 14 heavy (non-hydrogen) atoms. The Kier molecular flexibility index (Phi) is 2.56. The quantitative estimate of drug-likeness (QED) is 0.815. The third-order valence-corrected chi connectivity index (χ3v) is 2.94. The van der Waals surface area contributed by atoms with Crippen molar-refractivity contribution in [1.29, 1.82) is 0 Å². The van der Waals surface area contributed by atoms with Gasteiger partial charge >= 0.3 is 0 Å². The van der Waals surface area contributed by atoms with Crippen molar-refractivity contribution in [3.05, 3.63) is 35.1 Å². The second-order valence-electron chi connectivity index (χ2n) is 3.04. The minimum absolute atomic E-state index is 0.501. The van der Waals surface area contributed by atoms with Gasteiger partial charge < -0.3 is 5.73 Å². The van der Waals surface area contributed by atoms with Gasteiger partial charge in [0.05, 0.1) is 5.69 Å². The molecule has 0 atom stereocenters. The number of hydrogen-bond acceptors (Lipinski definition) is 4. The van der Waals surface area contributed by atoms with Crippen LogP contribution in [0, 0.1) is 6.92 Å². The average molecular weight is 205 g/mol. The third-order valence-electron chi connectivity index (χ3n) is 2.01. The van der Waals surface area contributed by atoms with Gasteiger partial charge in [0.2, 0.25) is 0 Å². The van der Waals surface area contributed by atoms with E-state index in [9.17, 15) is 0 Å². The first-order chi connectivity index (χ1) is 6.81. The van der Waals surface area contributed by atoms with Crippen molar-refractivity contribution >= 4 is 11.3 Å². The van der Waals surface area contributed by atoms with E-state index in [4.69, 9.17) is 5.73 Å². The van der Waals surface area contributed by atoms with Gasteiger partial charge in [-0.25, -0.2) is 4.98 Å². The van der Waals surface area contributed by atoms with Gasteiger partial charge in [-0.05, 0) is 18.6 Å². The number of rotatable bonds is 2. The van der Waals surface area contributed by atoms with Gasteiger partial charge in [-0.2, -0.15) is 0 Å². The van der Waals surface area contributed by atoms with Crippen LogP contribution < -0.4 is 5.73 Å². The molecule has 0 aliphatic carbocycles. The van der Waals surface area contributed by atoms with Crippen molar-refractivity contribution in [2.45, 2.75) is 13.5 Å². The minimum Gasteiger partial charge on any atom is -0.325 e. The van der Waals surface area contributed by atoms with Gasteiger partial charge in [0.1, 0.15) is 5.01 Å². The van der Waals surface area contributed by atoms with Gasteiger partial charge in [-0.3, -0.25) is 4.98 Å². The van der Waals surface area contributed by atoms with Gasteiger partial charge in [0.25, 0.3) is 0 Å². The first-order valence-corrected chi connectivity index (χ1v) is 5.24. The highest BCUT2D eigenvalue weighted by Gasteiger charge is 2.05. The zero-order valence-electron chi connectivity index (χ0n) is 7.90. The smallest absolute Gasteiger partial charge is 0.124 e. The topological polar surface area (TPSA) is 51.8 Å². The highest BCUT2D eigenvalue weighted by molar-refractivity contribution is 7.13. The molecule has 3 nitrogen and oxygen atoms in total. The van der Waals surface area contributed by atoms with Crippen molar-refractivity contribution in [3.8, 4) is 10.6 Å². The molecule has 2 heterocycles. The molecule has 0 spiro atoms. The van der Waals surface area contributed by atoms with Crippen LogP contribution in [0.15, 0.2) is 23.8 Å². The summed E-state index contributed by atoms with van der Waals surface area (Å²) in [7, 11) is 0. The van der Waals surface area contributed by atoms with E-state index in [0.717, 1.165) is 21.8 Å². The fraction of sp³-hybridized carbons (Fsp3) is 0.200. The molecule has 0 aromatic carbocycles. The lowest BCUT2D eigenvalue weighted by Gasteiger charge is -1.99. The molecule has 0 saturated carbocycles. The summed E-state index contributed by atoms with van der Waals surface area (Å²) < 4.78 is 0. The molecule has 2 aromatic heterocycles. The van der Waals surface area contributed by atoms with Gasteiger partial charge in [0.15, 0.2) is 0 Å². The third kappa shape index (κ3) is 1.66. The Bertz CT molecular complexity index is 436. The Morgan fingerprint density at radius 1 is 1.50 bits per heavy atom. The van der Waals surface area contributed by atoms with Crippen LogP contribution in [0.3, 0.4) is 0 Å². The fourth-order valence-corrected chi connectivity index (χ4v) is 2.16. The molecule has 2 rings (SSSR count). The number of pyridine rings is 1. The molecule has 0 aliphatic rings. The number of hydrogen-bond donors (Lipinski definition) is 1. The van der Waals surface area contributed by atoms with Crippen molar-refractivity contribution < 1.29 is 0 Å². The maximum absolute atomic E-state index is 5.51. The molecule has 4 heteroatoms. The van der Waals surface area contributed by atoms with Gasteiger partial charge in [-0.15, -0.1) is 11.3 Å². The Morgan fingerprint density at radius 2 is 2.36 bits per heavy atom. The summed E-state index contributed by atoms with van der Waals surface area (Å²) in [4.78, 5) is 8.48. The zero-order valence-corrected chi connectivity index (χ0v) is 8.71. The molecule has 72 valence electrons. The summed E-state index contributed by atoms with van der Waals surface area (Å²) in [5.74, 6) is 0. The normalized spacial score (nSPS) is 10.4. The number of aryl methyl sites for hydroxylation is 1. The van der Waals surface area contributed by atoms with E-state index >= 15 is 0 Å². The van der Waals surface area contributed by atoms with E-state index in [1.165, 1.54) is 0 Å². The van der Waals surface area contributed by atoms with E-state index < -0.39 is 0 Å². The molecule has 0 fully saturated rings. The van der Waals surface area contributed by atoms with Crippen LogP contribution in [0.5, 0.6) is 0 Å². The maximum Gasteiger partial charge on any atom is 0.124 e. The Labute approximate surface area is 86.6 Å². The zero-order chi connectivity index (χ0) is 9.97. The predicted octanol–water partition coefficient (Wildman–Crippen LogP) is 1.97. The van der Waals surface area contributed by atoms with Crippen molar-refractivity contribution in [2.24, 2.45) is 5.73 Å². The van der Waals surface area contributed by atoms with E-state index in [1.54, 1.807) is 17.5 Å². The number of nitrogens with zero attached hydrogens (tertiary/aromatic N) is 2. The molecule has 0 unspecified atom stereocenters. The molecule has 0 aliphatic heterocycles. The van der Waals surface area contributed by atoms with E-state index in [-0.39, 0.29) is 0 Å². The Hall–Kier alpha value is -1.26. The van der Waals surface area contributed by atoms with Crippen LogP contribution in [0.2, 0.25) is 0 Å². The SMILES string of the molecule is Cc1cnccc1-c1nc(CN)cs1. The van der Waals surface area contributed by atoms with Crippen LogP contribution in [0.4, 0.5) is 0 Å². The largest absolute Gasteiger partial charge is 0.325 e. The van der Waals surface area contributed by atoms with Crippen LogP contribution >= 0.6 is 11.3 Å². The highest BCUT2D eigenvalue weighted by atomic mass is 32.1. The Morgan fingerprint density at radius 3 is 3.00 bits per heavy atom. The molecule has 0 saturated heterocycles. The average Bonchev–Trinajstić information content (AvgIpc) is 2.67. The number of aromatic nitrogens is 2. The predicted molar refractivity (Wildman–Crippen MR) is 58.0 cm³/mol. The number of thiazole rings is 1. The van der Waals surface area contributed by atoms with E-state index in [1.807, 2.05) is 24.6 Å². The van der Waals surface area contributed by atoms with E-state index in [0.29, 0.717) is 6.54 Å². The van der Waals surface area contributed by atoms with E-state index in [2.05, 4.69) is 9.97 Å². The van der Waals surface area contributed by atoms with Gasteiger partial charge in [-0.1, -0.05) is 0 Å². The minimum atomic E-state index is 0.501. The lowest BCUT2D eigenvalue weighted by molar-refractivity contribution is 1.01. The van der Waals surface area contributed by atoms with Crippen LogP contribution in [0.25, 0.3) is 10.6 Å². The molecule has 2 N–H and O–H groups in total. The first-order valence-electron chi connectivity index (χ1n) is 4.36. The second-order valence-corrected chi connectivity index (χ2v) is 3.90. The van der Waals surface area contributed by atoms with Crippen molar-refractivity contribution in [2.75, 3.05) is 0 Å². The standard InChI is InChI=1S/C10H11N3S/c1-7-5-12-3-2-9(7)10-13-8(4-11)6-14-10/h2-3,5-6H,4,11H2,1H3. The highest BCUT2D eigenvalue weighted by Crippen LogP contribution is 2.25. The molecule has 0 bridgehead atoms. The summed E-state index contributed by atoms with van der Waals surface area (Å²) >= 11 is 1.62. The first kappa shape index (κ1) is 9.30. The summed E-state index contributed by atoms with van der Waals surface area (Å²) in [5.41, 5.74) is 8.74. The summed E-state index contributed by atoms with van der Waals surface area (Å²) in [5, 5.41) is 3.01. The Balaban J connectivity index is 2.44. The summed E-state index contributed by atoms with van der Waals surface area (Å²) in [6, 6.07) is 1.98. The molecule has 0 amide bonds. The second kappa shape index (κ2) is 3.86. The molecular formula is C10H11N3S. The summed E-state index contributed by atoms with van der Waals surface area (Å²) in [6.45, 7) is 2.53. The van der Waals surface area contributed by atoms with Crippen LogP contribution in [-0.4, -0.2) is 9.97 Å². The monoisotopic (exact) mass is 205 g/mol. The molecule has 0 radical (unpaired) electrons. The van der Waals surface area contributed by atoms with Crippen LogP contribution in [-0.2, 0) is 6.54 Å². The molecule has 2 aromatic rings. The van der Waals surface area contributed by atoms with Crippen LogP contribution in [0.1, 0.15) is 11.3 Å². The van der Waals surface area contributed by atoms with Crippen molar-refractivity contribution in [1.82, 2.24) is 9.97 Å². The molecular weight excluding hydrogens is 194 g/mol. The van der Waals surface area contributed by atoms with Crippen molar-refractivity contribution in [3.63, 3.8) is 0 Å². The lowest BCUT2D eigenvalue weighted by Crippen LogP contribution is -1.95. The summed E-state index contributed by atoms with van der Waals surface area (Å²) in [6.07, 6.45) is 3.63. The lowest BCUT2D eigenvalue weighted by atomic mass is 10.2.